The number of hydrogen-bond donors (Lipinski definition) is 1. The Bertz CT molecular complexity index is 317. The molecule has 0 radical (unpaired) electrons. The summed E-state index contributed by atoms with van der Waals surface area (Å²) in [7, 11) is -2.35. The van der Waals surface area contributed by atoms with Crippen molar-refractivity contribution >= 4 is 10.0 Å². The third-order valence-electron chi connectivity index (χ3n) is 2.19. The predicted molar refractivity (Wildman–Crippen MR) is 60.2 cm³/mol. The summed E-state index contributed by atoms with van der Waals surface area (Å²) in [4.78, 5) is 0. The molecule has 1 atom stereocenters. The van der Waals surface area contributed by atoms with Gasteiger partial charge in [-0.3, -0.25) is 0 Å². The average molecular weight is 276 g/mol. The van der Waals surface area contributed by atoms with Crippen molar-refractivity contribution in [3.63, 3.8) is 0 Å². The minimum atomic E-state index is -4.51. The van der Waals surface area contributed by atoms with Gasteiger partial charge in [0.2, 0.25) is 10.0 Å². The second-order valence-corrected chi connectivity index (χ2v) is 6.21. The number of nitrogens with one attached hydrogen (secondary N) is 1. The van der Waals surface area contributed by atoms with Crippen LogP contribution < -0.4 is 5.32 Å². The first-order valence-corrected chi connectivity index (χ1v) is 6.85. The van der Waals surface area contributed by atoms with Gasteiger partial charge in [0.05, 0.1) is 5.25 Å². The number of hydrogen-bond acceptors (Lipinski definition) is 3. The van der Waals surface area contributed by atoms with Gasteiger partial charge in [0.15, 0.2) is 0 Å². The normalized spacial score (nSPS) is 15.2. The molecule has 8 heteroatoms. The molecule has 0 spiro atoms. The first-order chi connectivity index (χ1) is 7.65. The molecule has 1 unspecified atom stereocenters. The highest BCUT2D eigenvalue weighted by atomic mass is 32.2. The Hall–Kier alpha value is -0.340. The Labute approximate surface area is 100 Å². The van der Waals surface area contributed by atoms with Gasteiger partial charge >= 0.3 is 6.18 Å². The molecule has 0 amide bonds. The van der Waals surface area contributed by atoms with E-state index in [0.717, 1.165) is 0 Å². The van der Waals surface area contributed by atoms with Crippen molar-refractivity contribution in [1.29, 1.82) is 0 Å². The Balaban J connectivity index is 4.91. The average Bonchev–Trinajstić information content (AvgIpc) is 2.15. The number of halogens is 3. The molecule has 0 aliphatic rings. The van der Waals surface area contributed by atoms with Gasteiger partial charge < -0.3 is 5.32 Å². The van der Waals surface area contributed by atoms with Crippen molar-refractivity contribution in [2.75, 3.05) is 26.7 Å². The topological polar surface area (TPSA) is 49.4 Å². The van der Waals surface area contributed by atoms with E-state index in [9.17, 15) is 21.6 Å². The van der Waals surface area contributed by atoms with Crippen molar-refractivity contribution in [2.45, 2.75) is 31.7 Å². The number of nitrogens with zero attached hydrogens (tertiary/aromatic N) is 1. The molecule has 17 heavy (non-hydrogen) atoms. The van der Waals surface area contributed by atoms with Gasteiger partial charge in [-0.1, -0.05) is 6.92 Å². The summed E-state index contributed by atoms with van der Waals surface area (Å²) in [5, 5.41) is 1.77. The maximum absolute atomic E-state index is 12.3. The summed E-state index contributed by atoms with van der Waals surface area (Å²) in [5.74, 6) is 0. The molecule has 0 aromatic rings. The lowest BCUT2D eigenvalue weighted by molar-refractivity contribution is -0.136. The van der Waals surface area contributed by atoms with Crippen molar-refractivity contribution in [3.8, 4) is 0 Å². The molecule has 4 nitrogen and oxygen atoms in total. The zero-order valence-electron chi connectivity index (χ0n) is 10.2. The van der Waals surface area contributed by atoms with Crippen LogP contribution in [0.2, 0.25) is 0 Å². The van der Waals surface area contributed by atoms with E-state index in [-0.39, 0.29) is 13.1 Å². The van der Waals surface area contributed by atoms with E-state index in [1.54, 1.807) is 14.0 Å². The Morgan fingerprint density at radius 2 is 1.88 bits per heavy atom. The highest BCUT2D eigenvalue weighted by Crippen LogP contribution is 2.20. The van der Waals surface area contributed by atoms with E-state index >= 15 is 0 Å². The minimum absolute atomic E-state index is 0.115. The maximum Gasteiger partial charge on any atom is 0.402 e. The Morgan fingerprint density at radius 1 is 1.35 bits per heavy atom. The van der Waals surface area contributed by atoms with Crippen LogP contribution in [0.4, 0.5) is 13.2 Å². The van der Waals surface area contributed by atoms with Crippen molar-refractivity contribution in [1.82, 2.24) is 9.62 Å². The number of rotatable bonds is 7. The van der Waals surface area contributed by atoms with Crippen LogP contribution in [0.25, 0.3) is 0 Å². The smallest absolute Gasteiger partial charge is 0.318 e. The van der Waals surface area contributed by atoms with Crippen molar-refractivity contribution < 1.29 is 21.6 Å². The molecule has 0 rings (SSSR count). The van der Waals surface area contributed by atoms with Crippen LogP contribution in [0.1, 0.15) is 20.3 Å². The summed E-state index contributed by atoms with van der Waals surface area (Å²) >= 11 is 0. The van der Waals surface area contributed by atoms with Crippen LogP contribution in [0.5, 0.6) is 0 Å². The van der Waals surface area contributed by atoms with Crippen molar-refractivity contribution in [3.05, 3.63) is 0 Å². The van der Waals surface area contributed by atoms with Gasteiger partial charge in [-0.25, -0.2) is 8.42 Å². The molecule has 104 valence electrons. The molecular formula is C9H19F3N2O2S. The van der Waals surface area contributed by atoms with Crippen LogP contribution in [-0.2, 0) is 10.0 Å². The maximum atomic E-state index is 12.3. The summed E-state index contributed by atoms with van der Waals surface area (Å²) in [5.41, 5.74) is 0. The van der Waals surface area contributed by atoms with Gasteiger partial charge in [0.25, 0.3) is 0 Å². The molecule has 0 saturated heterocycles. The first kappa shape index (κ1) is 16.7. The highest BCUT2D eigenvalue weighted by molar-refractivity contribution is 7.89. The van der Waals surface area contributed by atoms with Crippen molar-refractivity contribution in [2.24, 2.45) is 0 Å². The van der Waals surface area contributed by atoms with Crippen LogP contribution in [0.3, 0.4) is 0 Å². The molecule has 0 saturated carbocycles. The Morgan fingerprint density at radius 3 is 2.24 bits per heavy atom. The summed E-state index contributed by atoms with van der Waals surface area (Å²) in [6.07, 6.45) is -4.16. The molecule has 0 aromatic heterocycles. The quantitative estimate of drug-likeness (QED) is 0.760. The third kappa shape index (κ3) is 5.69. The zero-order valence-corrected chi connectivity index (χ0v) is 11.0. The Kier molecular flexibility index (Phi) is 6.42. The molecule has 0 aromatic carbocycles. The molecule has 0 fully saturated rings. The van der Waals surface area contributed by atoms with Gasteiger partial charge in [-0.2, -0.15) is 17.5 Å². The van der Waals surface area contributed by atoms with Gasteiger partial charge in [-0.05, 0) is 20.4 Å². The number of sulfonamides is 1. The summed E-state index contributed by atoms with van der Waals surface area (Å²) < 4.78 is 61.1. The lowest BCUT2D eigenvalue weighted by atomic mass is 10.5. The van der Waals surface area contributed by atoms with Crippen LogP contribution in [0, 0.1) is 0 Å². The second kappa shape index (κ2) is 6.55. The van der Waals surface area contributed by atoms with Crippen LogP contribution >= 0.6 is 0 Å². The van der Waals surface area contributed by atoms with Gasteiger partial charge in [-0.15, -0.1) is 0 Å². The standard InChI is InChI=1S/C9H19F3N2O2S/c1-4-5-14(7-9(10,11)12)17(15,16)8(2)6-13-3/h8,13H,4-7H2,1-3H3. The highest BCUT2D eigenvalue weighted by Gasteiger charge is 2.37. The molecule has 0 aliphatic carbocycles. The summed E-state index contributed by atoms with van der Waals surface area (Å²) in [6.45, 7) is 1.63. The van der Waals surface area contributed by atoms with Gasteiger partial charge in [0.1, 0.15) is 6.54 Å². The molecule has 1 N–H and O–H groups in total. The molecule has 0 heterocycles. The zero-order chi connectivity index (χ0) is 13.7. The van der Waals surface area contributed by atoms with E-state index in [1.807, 2.05) is 0 Å². The fraction of sp³-hybridized carbons (Fsp3) is 1.00. The van der Waals surface area contributed by atoms with Crippen LogP contribution in [0.15, 0.2) is 0 Å². The van der Waals surface area contributed by atoms with E-state index in [2.05, 4.69) is 5.32 Å². The minimum Gasteiger partial charge on any atom is -0.318 e. The van der Waals surface area contributed by atoms with E-state index < -0.39 is 28.0 Å². The molecule has 0 bridgehead atoms. The van der Waals surface area contributed by atoms with Gasteiger partial charge in [0, 0.05) is 13.1 Å². The fourth-order valence-electron chi connectivity index (χ4n) is 1.39. The monoisotopic (exact) mass is 276 g/mol. The van der Waals surface area contributed by atoms with Crippen LogP contribution in [-0.4, -0.2) is 50.8 Å². The molecule has 0 aliphatic heterocycles. The summed E-state index contributed by atoms with van der Waals surface area (Å²) in [6, 6.07) is 0. The first-order valence-electron chi connectivity index (χ1n) is 5.35. The SMILES string of the molecule is CCCN(CC(F)(F)F)S(=O)(=O)C(C)CNC. The lowest BCUT2D eigenvalue weighted by Gasteiger charge is -2.26. The van der Waals surface area contributed by atoms with E-state index in [4.69, 9.17) is 0 Å². The lowest BCUT2D eigenvalue weighted by Crippen LogP contribution is -2.45. The predicted octanol–water partition coefficient (Wildman–Crippen LogP) is 1.20. The van der Waals surface area contributed by atoms with E-state index in [0.29, 0.717) is 10.7 Å². The fourth-order valence-corrected chi connectivity index (χ4v) is 3.04. The second-order valence-electron chi connectivity index (χ2n) is 3.86. The third-order valence-corrected chi connectivity index (χ3v) is 4.40. The molecular weight excluding hydrogens is 257 g/mol. The largest absolute Gasteiger partial charge is 0.402 e. The van der Waals surface area contributed by atoms with E-state index in [1.165, 1.54) is 6.92 Å². The number of alkyl halides is 3.